The molecule has 1 N–H and O–H groups in total. The van der Waals surface area contributed by atoms with Gasteiger partial charge in [0, 0.05) is 23.0 Å². The topological polar surface area (TPSA) is 77.2 Å². The van der Waals surface area contributed by atoms with Gasteiger partial charge in [-0.1, -0.05) is 11.6 Å². The minimum atomic E-state index is -0.593. The van der Waals surface area contributed by atoms with Crippen LogP contribution in [-0.4, -0.2) is 15.5 Å². The Labute approximate surface area is 120 Å². The highest BCUT2D eigenvalue weighted by Gasteiger charge is 2.16. The fourth-order valence-corrected chi connectivity index (χ4v) is 2.06. The molecule has 0 aliphatic heterocycles. The molecule has 0 fully saturated rings. The van der Waals surface area contributed by atoms with Crippen LogP contribution in [0.25, 0.3) is 0 Å². The van der Waals surface area contributed by atoms with Crippen LogP contribution in [0.1, 0.15) is 21.7 Å². The van der Waals surface area contributed by atoms with Gasteiger partial charge in [0.05, 0.1) is 4.92 Å². The lowest BCUT2D eigenvalue weighted by molar-refractivity contribution is -0.384. The van der Waals surface area contributed by atoms with E-state index in [1.54, 1.807) is 4.68 Å². The molecule has 0 saturated carbocycles. The maximum Gasteiger partial charge on any atom is 0.287 e. The second-order valence-electron chi connectivity index (χ2n) is 4.32. The van der Waals surface area contributed by atoms with E-state index in [-0.39, 0.29) is 22.2 Å². The van der Waals surface area contributed by atoms with Gasteiger partial charge >= 0.3 is 0 Å². The molecule has 20 heavy (non-hydrogen) atoms. The first-order chi connectivity index (χ1) is 9.40. The quantitative estimate of drug-likeness (QED) is 0.698. The standard InChI is InChI=1S/C13H12ClN3O3/c1-8-3-4-9(2)16(8)15-13(18)10-5-6-12(17(19)20)11(14)7-10/h3-7H,1-2H3,(H,15,18). The molecule has 104 valence electrons. The predicted molar refractivity (Wildman–Crippen MR) is 75.7 cm³/mol. The summed E-state index contributed by atoms with van der Waals surface area (Å²) in [7, 11) is 0. The molecule has 7 heteroatoms. The Morgan fingerprint density at radius 3 is 2.35 bits per heavy atom. The largest absolute Gasteiger partial charge is 0.287 e. The van der Waals surface area contributed by atoms with Crippen molar-refractivity contribution >= 4 is 23.2 Å². The first-order valence-electron chi connectivity index (χ1n) is 5.80. The Morgan fingerprint density at radius 2 is 1.85 bits per heavy atom. The van der Waals surface area contributed by atoms with Gasteiger partial charge < -0.3 is 0 Å². The van der Waals surface area contributed by atoms with Gasteiger partial charge in [0.15, 0.2) is 0 Å². The molecule has 6 nitrogen and oxygen atoms in total. The number of rotatable bonds is 3. The molecule has 1 amide bonds. The number of aromatic nitrogens is 1. The molecule has 0 unspecified atom stereocenters. The fraction of sp³-hybridized carbons (Fsp3) is 0.154. The number of nitro groups is 1. The second-order valence-corrected chi connectivity index (χ2v) is 4.72. The molecule has 0 aliphatic rings. The highest BCUT2D eigenvalue weighted by Crippen LogP contribution is 2.25. The summed E-state index contributed by atoms with van der Waals surface area (Å²) < 4.78 is 1.64. The van der Waals surface area contributed by atoms with E-state index in [9.17, 15) is 14.9 Å². The summed E-state index contributed by atoms with van der Waals surface area (Å²) in [5.74, 6) is -0.385. The van der Waals surface area contributed by atoms with Crippen molar-refractivity contribution in [3.05, 3.63) is 62.4 Å². The van der Waals surface area contributed by atoms with Crippen molar-refractivity contribution in [2.24, 2.45) is 0 Å². The third-order valence-electron chi connectivity index (χ3n) is 2.89. The van der Waals surface area contributed by atoms with Gasteiger partial charge in [-0.25, -0.2) is 0 Å². The molecule has 0 saturated heterocycles. The first kappa shape index (κ1) is 14.1. The third kappa shape index (κ3) is 2.65. The third-order valence-corrected chi connectivity index (χ3v) is 3.19. The number of hydrogen-bond acceptors (Lipinski definition) is 3. The number of aryl methyl sites for hydroxylation is 2. The molecule has 0 atom stereocenters. The van der Waals surface area contributed by atoms with Crippen LogP contribution in [0.3, 0.4) is 0 Å². The summed E-state index contributed by atoms with van der Waals surface area (Å²) in [4.78, 5) is 22.2. The summed E-state index contributed by atoms with van der Waals surface area (Å²) in [6.45, 7) is 3.71. The Hall–Kier alpha value is -2.34. The van der Waals surface area contributed by atoms with Gasteiger partial charge in [-0.3, -0.25) is 25.0 Å². The second kappa shape index (κ2) is 5.34. The maximum atomic E-state index is 12.1. The number of nitrogens with one attached hydrogen (secondary N) is 1. The van der Waals surface area contributed by atoms with Crippen molar-refractivity contribution in [2.75, 3.05) is 5.43 Å². The van der Waals surface area contributed by atoms with E-state index in [1.165, 1.54) is 18.2 Å². The summed E-state index contributed by atoms with van der Waals surface area (Å²) >= 11 is 5.78. The molecular weight excluding hydrogens is 282 g/mol. The van der Waals surface area contributed by atoms with Crippen molar-refractivity contribution in [3.63, 3.8) is 0 Å². The van der Waals surface area contributed by atoms with Crippen LogP contribution in [0, 0.1) is 24.0 Å². The summed E-state index contributed by atoms with van der Waals surface area (Å²) in [6, 6.07) is 7.61. The Morgan fingerprint density at radius 1 is 1.25 bits per heavy atom. The highest BCUT2D eigenvalue weighted by atomic mass is 35.5. The molecule has 1 aromatic heterocycles. The number of halogens is 1. The lowest BCUT2D eigenvalue weighted by Crippen LogP contribution is -2.24. The average molecular weight is 294 g/mol. The summed E-state index contributed by atoms with van der Waals surface area (Å²) in [5.41, 5.74) is 4.49. The number of carbonyl (C=O) groups excluding carboxylic acids is 1. The van der Waals surface area contributed by atoms with Crippen LogP contribution in [0.2, 0.25) is 5.02 Å². The number of hydrogen-bond donors (Lipinski definition) is 1. The van der Waals surface area contributed by atoms with Crippen LogP contribution in [0.15, 0.2) is 30.3 Å². The molecule has 0 bridgehead atoms. The van der Waals surface area contributed by atoms with Crippen LogP contribution in [0.5, 0.6) is 0 Å². The molecule has 0 spiro atoms. The zero-order valence-corrected chi connectivity index (χ0v) is 11.6. The maximum absolute atomic E-state index is 12.1. The Bertz CT molecular complexity index is 675. The van der Waals surface area contributed by atoms with E-state index in [0.717, 1.165) is 11.4 Å². The number of nitro benzene ring substituents is 1. The van der Waals surface area contributed by atoms with Crippen LogP contribution < -0.4 is 5.43 Å². The molecule has 1 heterocycles. The van der Waals surface area contributed by atoms with Gasteiger partial charge in [-0.05, 0) is 38.1 Å². The van der Waals surface area contributed by atoms with E-state index in [1.807, 2.05) is 26.0 Å². The predicted octanol–water partition coefficient (Wildman–Crippen LogP) is 3.05. The average Bonchev–Trinajstić information content (AvgIpc) is 2.70. The lowest BCUT2D eigenvalue weighted by Gasteiger charge is -2.11. The van der Waals surface area contributed by atoms with E-state index in [4.69, 9.17) is 11.6 Å². The zero-order chi connectivity index (χ0) is 14.9. The van der Waals surface area contributed by atoms with Crippen LogP contribution in [-0.2, 0) is 0 Å². The van der Waals surface area contributed by atoms with Gasteiger partial charge in [0.1, 0.15) is 5.02 Å². The zero-order valence-electron chi connectivity index (χ0n) is 10.9. The summed E-state index contributed by atoms with van der Waals surface area (Å²) in [6.07, 6.45) is 0. The molecule has 0 aliphatic carbocycles. The number of amides is 1. The Kier molecular flexibility index (Phi) is 3.76. The van der Waals surface area contributed by atoms with Crippen molar-refractivity contribution in [3.8, 4) is 0 Å². The van der Waals surface area contributed by atoms with E-state index in [2.05, 4.69) is 5.43 Å². The van der Waals surface area contributed by atoms with Crippen molar-refractivity contribution in [2.45, 2.75) is 13.8 Å². The van der Waals surface area contributed by atoms with Gasteiger partial charge in [-0.15, -0.1) is 0 Å². The van der Waals surface area contributed by atoms with E-state index >= 15 is 0 Å². The highest BCUT2D eigenvalue weighted by molar-refractivity contribution is 6.33. The van der Waals surface area contributed by atoms with Crippen molar-refractivity contribution in [1.82, 2.24) is 4.68 Å². The summed E-state index contributed by atoms with van der Waals surface area (Å²) in [5, 5.41) is 10.6. The number of nitrogens with zero attached hydrogens (tertiary/aromatic N) is 2. The normalized spacial score (nSPS) is 10.3. The van der Waals surface area contributed by atoms with Crippen LogP contribution >= 0.6 is 11.6 Å². The molecule has 1 aromatic carbocycles. The molecule has 0 radical (unpaired) electrons. The molecule has 2 rings (SSSR count). The molecular formula is C13H12ClN3O3. The monoisotopic (exact) mass is 293 g/mol. The van der Waals surface area contributed by atoms with Gasteiger partial charge in [0.25, 0.3) is 11.6 Å². The van der Waals surface area contributed by atoms with E-state index < -0.39 is 4.92 Å². The van der Waals surface area contributed by atoms with E-state index in [0.29, 0.717) is 0 Å². The van der Waals surface area contributed by atoms with Crippen molar-refractivity contribution in [1.29, 1.82) is 0 Å². The minimum absolute atomic E-state index is 0.0661. The van der Waals surface area contributed by atoms with Gasteiger partial charge in [-0.2, -0.15) is 0 Å². The number of carbonyl (C=O) groups is 1. The fourth-order valence-electron chi connectivity index (χ4n) is 1.81. The smallest absolute Gasteiger partial charge is 0.267 e. The van der Waals surface area contributed by atoms with Gasteiger partial charge in [0.2, 0.25) is 0 Å². The molecule has 2 aromatic rings. The SMILES string of the molecule is Cc1ccc(C)n1NC(=O)c1ccc([N+](=O)[O-])c(Cl)c1. The lowest BCUT2D eigenvalue weighted by atomic mass is 10.2. The first-order valence-corrected chi connectivity index (χ1v) is 6.18. The van der Waals surface area contributed by atoms with Crippen molar-refractivity contribution < 1.29 is 9.72 Å². The minimum Gasteiger partial charge on any atom is -0.267 e. The number of benzene rings is 1. The Balaban J connectivity index is 2.26. The van der Waals surface area contributed by atoms with Crippen LogP contribution in [0.4, 0.5) is 5.69 Å².